The van der Waals surface area contributed by atoms with E-state index in [9.17, 15) is 4.79 Å². The quantitative estimate of drug-likeness (QED) is 0.698. The van der Waals surface area contributed by atoms with Gasteiger partial charge in [0.2, 0.25) is 5.91 Å². The van der Waals surface area contributed by atoms with E-state index in [1.165, 1.54) is 12.8 Å². The minimum absolute atomic E-state index is 0.0746. The second-order valence-electron chi connectivity index (χ2n) is 4.07. The fraction of sp³-hybridized carbons (Fsp3) is 0.667. The van der Waals surface area contributed by atoms with Gasteiger partial charge in [0.1, 0.15) is 0 Å². The molecule has 17 heavy (non-hydrogen) atoms. The number of nitrogens with zero attached hydrogens (tertiary/aromatic N) is 1. The molecule has 1 rings (SSSR count). The minimum Gasteiger partial charge on any atom is -0.355 e. The number of hydrogen-bond acceptors (Lipinski definition) is 4. The Balaban J connectivity index is 2.13. The maximum absolute atomic E-state index is 11.7. The number of aromatic nitrogens is 1. The average molecular weight is 255 g/mol. The summed E-state index contributed by atoms with van der Waals surface area (Å²) in [4.78, 5) is 16.8. The second-order valence-corrected chi connectivity index (χ2v) is 5.04. The molecule has 1 aromatic rings. The van der Waals surface area contributed by atoms with Crippen LogP contribution in [0.1, 0.15) is 38.0 Å². The molecule has 4 nitrogen and oxygen atoms in total. The molecule has 2 N–H and O–H groups in total. The summed E-state index contributed by atoms with van der Waals surface area (Å²) >= 11 is 1.60. The van der Waals surface area contributed by atoms with Crippen LogP contribution in [-0.2, 0) is 11.3 Å². The zero-order valence-electron chi connectivity index (χ0n) is 10.5. The summed E-state index contributed by atoms with van der Waals surface area (Å²) in [5.74, 6) is 0.0746. The lowest BCUT2D eigenvalue weighted by Gasteiger charge is -2.13. The van der Waals surface area contributed by atoms with Crippen molar-refractivity contribution in [2.24, 2.45) is 0 Å². The molecule has 1 aromatic heterocycles. The third-order valence-corrected chi connectivity index (χ3v) is 3.32. The average Bonchev–Trinajstić information content (AvgIpc) is 2.84. The first-order valence-corrected chi connectivity index (χ1v) is 7.00. The van der Waals surface area contributed by atoms with Crippen molar-refractivity contribution in [3.63, 3.8) is 0 Å². The third-order valence-electron chi connectivity index (χ3n) is 2.54. The molecule has 0 radical (unpaired) electrons. The van der Waals surface area contributed by atoms with Gasteiger partial charge in [-0.3, -0.25) is 9.78 Å². The summed E-state index contributed by atoms with van der Waals surface area (Å²) in [5.41, 5.74) is 1.80. The van der Waals surface area contributed by atoms with Crippen LogP contribution in [0.15, 0.2) is 11.7 Å². The van der Waals surface area contributed by atoms with Gasteiger partial charge in [0, 0.05) is 24.2 Å². The Morgan fingerprint density at radius 1 is 1.53 bits per heavy atom. The van der Waals surface area contributed by atoms with Crippen LogP contribution < -0.4 is 10.6 Å². The second kappa shape index (κ2) is 8.20. The Bertz CT molecular complexity index is 314. The van der Waals surface area contributed by atoms with E-state index in [1.54, 1.807) is 16.8 Å². The highest BCUT2D eigenvalue weighted by Crippen LogP contribution is 2.04. The third kappa shape index (κ3) is 5.79. The van der Waals surface area contributed by atoms with Crippen LogP contribution >= 0.6 is 11.3 Å². The summed E-state index contributed by atoms with van der Waals surface area (Å²) < 4.78 is 0. The van der Waals surface area contributed by atoms with Crippen LogP contribution in [0, 0.1) is 0 Å². The maximum Gasteiger partial charge on any atom is 0.236 e. The van der Waals surface area contributed by atoms with E-state index < -0.39 is 0 Å². The molecule has 1 heterocycles. The van der Waals surface area contributed by atoms with Crippen molar-refractivity contribution < 1.29 is 4.79 Å². The molecule has 0 spiro atoms. The van der Waals surface area contributed by atoms with E-state index in [1.807, 2.05) is 13.1 Å². The van der Waals surface area contributed by atoms with Gasteiger partial charge in [0.05, 0.1) is 11.6 Å². The van der Waals surface area contributed by atoms with E-state index in [0.29, 0.717) is 6.54 Å². The van der Waals surface area contributed by atoms with Gasteiger partial charge < -0.3 is 10.6 Å². The molecule has 0 aliphatic carbocycles. The van der Waals surface area contributed by atoms with Crippen LogP contribution in [0.5, 0.6) is 0 Å². The fourth-order valence-corrected chi connectivity index (χ4v) is 1.96. The first-order chi connectivity index (χ1) is 8.24. The van der Waals surface area contributed by atoms with E-state index in [4.69, 9.17) is 0 Å². The van der Waals surface area contributed by atoms with Gasteiger partial charge in [-0.05, 0) is 13.3 Å². The van der Waals surface area contributed by atoms with Crippen LogP contribution in [-0.4, -0.2) is 23.5 Å². The van der Waals surface area contributed by atoms with E-state index in [-0.39, 0.29) is 11.9 Å². The molecule has 1 atom stereocenters. The number of unbranched alkanes of at least 4 members (excludes halogenated alkanes) is 2. The number of carbonyl (C=O) groups excluding carboxylic acids is 1. The van der Waals surface area contributed by atoms with Gasteiger partial charge in [0.25, 0.3) is 0 Å². The number of amides is 1. The van der Waals surface area contributed by atoms with Crippen molar-refractivity contribution in [2.45, 2.75) is 45.7 Å². The van der Waals surface area contributed by atoms with E-state index >= 15 is 0 Å². The lowest BCUT2D eigenvalue weighted by Crippen LogP contribution is -2.42. The molecule has 0 aromatic carbocycles. The summed E-state index contributed by atoms with van der Waals surface area (Å²) in [5, 5.41) is 6.12. The Morgan fingerprint density at radius 2 is 2.35 bits per heavy atom. The van der Waals surface area contributed by atoms with Crippen LogP contribution in [0.25, 0.3) is 0 Å². The SMILES string of the molecule is CCCCCNC(=O)C(C)NCc1cncs1. The Hall–Kier alpha value is -0.940. The molecule has 0 bridgehead atoms. The maximum atomic E-state index is 11.7. The van der Waals surface area contributed by atoms with Crippen molar-refractivity contribution >= 4 is 17.2 Å². The molecule has 1 amide bonds. The highest BCUT2D eigenvalue weighted by Gasteiger charge is 2.11. The Morgan fingerprint density at radius 3 is 3.00 bits per heavy atom. The smallest absolute Gasteiger partial charge is 0.236 e. The molecule has 1 unspecified atom stereocenters. The standard InChI is InChI=1S/C12H21N3OS/c1-3-4-5-6-14-12(16)10(2)15-8-11-7-13-9-17-11/h7,9-10,15H,3-6,8H2,1-2H3,(H,14,16). The molecule has 0 fully saturated rings. The van der Waals surface area contributed by atoms with Gasteiger partial charge in [-0.25, -0.2) is 0 Å². The molecule has 5 heteroatoms. The molecule has 0 saturated heterocycles. The zero-order chi connectivity index (χ0) is 12.5. The summed E-state index contributed by atoms with van der Waals surface area (Å²) in [6, 6.07) is -0.154. The molecule has 96 valence electrons. The monoisotopic (exact) mass is 255 g/mol. The molecular formula is C12H21N3OS. The van der Waals surface area contributed by atoms with E-state index in [2.05, 4.69) is 22.5 Å². The van der Waals surface area contributed by atoms with Crippen molar-refractivity contribution in [2.75, 3.05) is 6.54 Å². The van der Waals surface area contributed by atoms with Gasteiger partial charge in [-0.2, -0.15) is 0 Å². The number of carbonyl (C=O) groups is 1. The lowest BCUT2D eigenvalue weighted by molar-refractivity contribution is -0.122. The largest absolute Gasteiger partial charge is 0.355 e. The summed E-state index contributed by atoms with van der Waals surface area (Å²) in [7, 11) is 0. The topological polar surface area (TPSA) is 54.0 Å². The van der Waals surface area contributed by atoms with E-state index in [0.717, 1.165) is 17.8 Å². The van der Waals surface area contributed by atoms with Crippen molar-refractivity contribution in [1.82, 2.24) is 15.6 Å². The zero-order valence-corrected chi connectivity index (χ0v) is 11.3. The van der Waals surface area contributed by atoms with Crippen LogP contribution in [0.2, 0.25) is 0 Å². The van der Waals surface area contributed by atoms with Crippen LogP contribution in [0.3, 0.4) is 0 Å². The first-order valence-electron chi connectivity index (χ1n) is 6.12. The fourth-order valence-electron chi connectivity index (χ4n) is 1.42. The number of thiazole rings is 1. The van der Waals surface area contributed by atoms with Gasteiger partial charge in [-0.15, -0.1) is 11.3 Å². The lowest BCUT2D eigenvalue weighted by atomic mass is 10.2. The number of nitrogens with one attached hydrogen (secondary N) is 2. The van der Waals surface area contributed by atoms with Crippen LogP contribution in [0.4, 0.5) is 0 Å². The summed E-state index contributed by atoms with van der Waals surface area (Å²) in [6.07, 6.45) is 5.23. The highest BCUT2D eigenvalue weighted by molar-refractivity contribution is 7.09. The summed E-state index contributed by atoms with van der Waals surface area (Å²) in [6.45, 7) is 5.52. The normalized spacial score (nSPS) is 12.4. The molecular weight excluding hydrogens is 234 g/mol. The first kappa shape index (κ1) is 14.1. The Labute approximate surface area is 107 Å². The van der Waals surface area contributed by atoms with Crippen molar-refractivity contribution in [1.29, 1.82) is 0 Å². The van der Waals surface area contributed by atoms with Gasteiger partial charge in [0.15, 0.2) is 0 Å². The molecule has 0 aliphatic rings. The molecule has 0 aliphatic heterocycles. The highest BCUT2D eigenvalue weighted by atomic mass is 32.1. The van der Waals surface area contributed by atoms with Gasteiger partial charge >= 0.3 is 0 Å². The minimum atomic E-state index is -0.154. The predicted molar refractivity (Wildman–Crippen MR) is 71.0 cm³/mol. The van der Waals surface area contributed by atoms with Gasteiger partial charge in [-0.1, -0.05) is 19.8 Å². The van der Waals surface area contributed by atoms with Crippen molar-refractivity contribution in [3.8, 4) is 0 Å². The Kier molecular flexibility index (Phi) is 6.81. The molecule has 0 saturated carbocycles. The van der Waals surface area contributed by atoms with Crippen molar-refractivity contribution in [3.05, 3.63) is 16.6 Å². The number of hydrogen-bond donors (Lipinski definition) is 2. The predicted octanol–water partition coefficient (Wildman–Crippen LogP) is 1.93. The number of rotatable bonds is 8.